The van der Waals surface area contributed by atoms with Crippen LogP contribution >= 0.6 is 35.6 Å². The lowest BCUT2D eigenvalue weighted by Crippen LogP contribution is -2.44. The molecule has 5 nitrogen and oxygen atoms in total. The number of aromatic nitrogens is 2. The van der Waals surface area contributed by atoms with Crippen LogP contribution in [0, 0.1) is 5.82 Å². The van der Waals surface area contributed by atoms with Crippen molar-refractivity contribution in [3.63, 3.8) is 0 Å². The molecule has 1 aromatic carbocycles. The maximum Gasteiger partial charge on any atom is 0.227 e. The highest BCUT2D eigenvalue weighted by Gasteiger charge is 2.18. The number of nitrogens with one attached hydrogen (secondary N) is 2. The van der Waals surface area contributed by atoms with Crippen LogP contribution in [0.2, 0.25) is 10.0 Å². The van der Waals surface area contributed by atoms with Crippen molar-refractivity contribution >= 4 is 47.4 Å². The number of piperazine rings is 1. The first-order chi connectivity index (χ1) is 11.5. The molecule has 3 rings (SSSR count). The molecule has 25 heavy (non-hydrogen) atoms. The number of rotatable bonds is 4. The molecule has 136 valence electrons. The summed E-state index contributed by atoms with van der Waals surface area (Å²) >= 11 is 12.1. The molecule has 1 aromatic heterocycles. The first kappa shape index (κ1) is 20.0. The predicted molar refractivity (Wildman–Crippen MR) is 103 cm³/mol. The van der Waals surface area contributed by atoms with Crippen molar-refractivity contribution in [1.29, 1.82) is 0 Å². The molecule has 2 heterocycles. The quantitative estimate of drug-likeness (QED) is 0.806. The molecule has 1 unspecified atom stereocenters. The van der Waals surface area contributed by atoms with E-state index < -0.39 is 5.82 Å². The van der Waals surface area contributed by atoms with Gasteiger partial charge in [-0.2, -0.15) is 4.98 Å². The van der Waals surface area contributed by atoms with E-state index in [0.717, 1.165) is 31.7 Å². The van der Waals surface area contributed by atoms with E-state index in [1.54, 1.807) is 12.1 Å². The average molecular weight is 407 g/mol. The van der Waals surface area contributed by atoms with Crippen molar-refractivity contribution in [3.05, 3.63) is 45.8 Å². The van der Waals surface area contributed by atoms with Crippen molar-refractivity contribution in [3.8, 4) is 0 Å². The average Bonchev–Trinajstić information content (AvgIpc) is 2.57. The van der Waals surface area contributed by atoms with Crippen LogP contribution in [-0.4, -0.2) is 36.1 Å². The first-order valence-electron chi connectivity index (χ1n) is 7.74. The maximum atomic E-state index is 14.1. The van der Waals surface area contributed by atoms with Crippen molar-refractivity contribution in [2.45, 2.75) is 13.0 Å². The smallest absolute Gasteiger partial charge is 0.227 e. The third kappa shape index (κ3) is 4.85. The van der Waals surface area contributed by atoms with Gasteiger partial charge in [0.25, 0.3) is 0 Å². The predicted octanol–water partition coefficient (Wildman–Crippen LogP) is 3.93. The molecular formula is C16H19Cl3FN5. The normalized spacial score (nSPS) is 15.4. The monoisotopic (exact) mass is 405 g/mol. The maximum absolute atomic E-state index is 14.1. The molecule has 9 heteroatoms. The van der Waals surface area contributed by atoms with Crippen LogP contribution < -0.4 is 15.5 Å². The summed E-state index contributed by atoms with van der Waals surface area (Å²) in [7, 11) is 0. The van der Waals surface area contributed by atoms with Gasteiger partial charge in [0.1, 0.15) is 0 Å². The second-order valence-corrected chi connectivity index (χ2v) is 6.48. The van der Waals surface area contributed by atoms with Crippen LogP contribution in [0.25, 0.3) is 0 Å². The SMILES string of the molecule is CC(Nc1nc(N2CCNCC2)ncc1F)c1ccc(Cl)cc1Cl.Cl. The van der Waals surface area contributed by atoms with Crippen molar-refractivity contribution in [2.24, 2.45) is 0 Å². The molecule has 1 aliphatic rings. The third-order valence-corrected chi connectivity index (χ3v) is 4.48. The van der Waals surface area contributed by atoms with E-state index in [4.69, 9.17) is 23.2 Å². The first-order valence-corrected chi connectivity index (χ1v) is 8.50. The lowest BCUT2D eigenvalue weighted by atomic mass is 10.1. The molecule has 0 spiro atoms. The molecule has 1 saturated heterocycles. The highest BCUT2D eigenvalue weighted by atomic mass is 35.5. The number of anilines is 2. The number of halogens is 4. The molecule has 1 fully saturated rings. The lowest BCUT2D eigenvalue weighted by Gasteiger charge is -2.27. The Kier molecular flexibility index (Phi) is 7.07. The Morgan fingerprint density at radius 2 is 2.00 bits per heavy atom. The summed E-state index contributed by atoms with van der Waals surface area (Å²) in [5.41, 5.74) is 0.822. The zero-order chi connectivity index (χ0) is 17.1. The highest BCUT2D eigenvalue weighted by molar-refractivity contribution is 6.35. The summed E-state index contributed by atoms with van der Waals surface area (Å²) in [4.78, 5) is 10.5. The zero-order valence-electron chi connectivity index (χ0n) is 13.6. The topological polar surface area (TPSA) is 53.1 Å². The highest BCUT2D eigenvalue weighted by Crippen LogP contribution is 2.29. The Morgan fingerprint density at radius 3 is 2.68 bits per heavy atom. The number of benzene rings is 1. The second kappa shape index (κ2) is 8.85. The fraction of sp³-hybridized carbons (Fsp3) is 0.375. The number of nitrogens with zero attached hydrogens (tertiary/aromatic N) is 3. The Balaban J connectivity index is 0.00000225. The summed E-state index contributed by atoms with van der Waals surface area (Å²) in [5, 5.41) is 7.42. The van der Waals surface area contributed by atoms with Gasteiger partial charge in [-0.15, -0.1) is 12.4 Å². The van der Waals surface area contributed by atoms with E-state index in [9.17, 15) is 4.39 Å². The van der Waals surface area contributed by atoms with Crippen LogP contribution in [0.15, 0.2) is 24.4 Å². The molecule has 1 atom stereocenters. The molecule has 2 aromatic rings. The van der Waals surface area contributed by atoms with Crippen molar-refractivity contribution in [1.82, 2.24) is 15.3 Å². The van der Waals surface area contributed by atoms with E-state index in [1.165, 1.54) is 6.20 Å². The van der Waals surface area contributed by atoms with Gasteiger partial charge in [-0.1, -0.05) is 29.3 Å². The zero-order valence-corrected chi connectivity index (χ0v) is 15.9. The summed E-state index contributed by atoms with van der Waals surface area (Å²) < 4.78 is 14.1. The van der Waals surface area contributed by atoms with Gasteiger partial charge in [0.05, 0.1) is 12.2 Å². The van der Waals surface area contributed by atoms with Gasteiger partial charge in [-0.3, -0.25) is 0 Å². The van der Waals surface area contributed by atoms with Gasteiger partial charge in [0.2, 0.25) is 5.95 Å². The van der Waals surface area contributed by atoms with Gasteiger partial charge in [-0.05, 0) is 24.6 Å². The van der Waals surface area contributed by atoms with Crippen molar-refractivity contribution in [2.75, 3.05) is 36.4 Å². The minimum absolute atomic E-state index is 0. The van der Waals surface area contributed by atoms with Crippen LogP contribution in [0.5, 0.6) is 0 Å². The van der Waals surface area contributed by atoms with Gasteiger partial charge < -0.3 is 15.5 Å². The minimum Gasteiger partial charge on any atom is -0.361 e. The molecule has 1 aliphatic heterocycles. The standard InChI is InChI=1S/C16H18Cl2FN5.ClH/c1-10(12-3-2-11(17)8-13(12)18)22-15-14(19)9-21-16(23-15)24-6-4-20-5-7-24;/h2-3,8-10,20H,4-7H2,1H3,(H,21,22,23);1H. The lowest BCUT2D eigenvalue weighted by molar-refractivity contribution is 0.572. The Hall–Kier alpha value is -1.34. The molecule has 0 aliphatic carbocycles. The Morgan fingerprint density at radius 1 is 1.28 bits per heavy atom. The fourth-order valence-corrected chi connectivity index (χ4v) is 3.18. The van der Waals surface area contributed by atoms with E-state index in [-0.39, 0.29) is 24.3 Å². The van der Waals surface area contributed by atoms with Crippen LogP contribution in [0.1, 0.15) is 18.5 Å². The van der Waals surface area contributed by atoms with E-state index in [1.807, 2.05) is 17.9 Å². The van der Waals surface area contributed by atoms with E-state index in [2.05, 4.69) is 20.6 Å². The molecular weight excluding hydrogens is 388 g/mol. The third-order valence-electron chi connectivity index (χ3n) is 3.91. The molecule has 0 amide bonds. The van der Waals surface area contributed by atoms with Gasteiger partial charge >= 0.3 is 0 Å². The van der Waals surface area contributed by atoms with E-state index >= 15 is 0 Å². The molecule has 2 N–H and O–H groups in total. The summed E-state index contributed by atoms with van der Waals surface area (Å²) in [6.07, 6.45) is 1.20. The Bertz CT molecular complexity index is 725. The largest absolute Gasteiger partial charge is 0.361 e. The molecule has 0 bridgehead atoms. The van der Waals surface area contributed by atoms with Crippen molar-refractivity contribution < 1.29 is 4.39 Å². The minimum atomic E-state index is -0.495. The summed E-state index contributed by atoms with van der Waals surface area (Å²) in [6.45, 7) is 5.20. The molecule has 0 saturated carbocycles. The van der Waals surface area contributed by atoms with Crippen LogP contribution in [-0.2, 0) is 0 Å². The fourth-order valence-electron chi connectivity index (χ4n) is 2.61. The summed E-state index contributed by atoms with van der Waals surface area (Å²) in [6, 6.07) is 5.01. The van der Waals surface area contributed by atoms with Gasteiger partial charge in [-0.25, -0.2) is 9.37 Å². The number of hydrogen-bond donors (Lipinski definition) is 2. The van der Waals surface area contributed by atoms with Crippen LogP contribution in [0.3, 0.4) is 0 Å². The van der Waals surface area contributed by atoms with Gasteiger partial charge in [0, 0.05) is 36.2 Å². The van der Waals surface area contributed by atoms with Gasteiger partial charge in [0.15, 0.2) is 11.6 Å². The summed E-state index contributed by atoms with van der Waals surface area (Å²) in [5.74, 6) is 0.192. The van der Waals surface area contributed by atoms with Crippen LogP contribution in [0.4, 0.5) is 16.2 Å². The molecule has 0 radical (unpaired) electrons. The second-order valence-electron chi connectivity index (χ2n) is 5.64. The Labute approximate surface area is 162 Å². The van der Waals surface area contributed by atoms with E-state index in [0.29, 0.717) is 16.0 Å². The number of hydrogen-bond acceptors (Lipinski definition) is 5.